The van der Waals surface area contributed by atoms with Crippen LogP contribution < -0.4 is 4.74 Å². The van der Waals surface area contributed by atoms with Crippen LogP contribution in [0.2, 0.25) is 0 Å². The van der Waals surface area contributed by atoms with E-state index < -0.39 is 23.9 Å². The smallest absolute Gasteiger partial charge is 0.406 e. The second-order valence-corrected chi connectivity index (χ2v) is 4.58. The third-order valence-electron chi connectivity index (χ3n) is 2.96. The summed E-state index contributed by atoms with van der Waals surface area (Å²) in [4.78, 5) is 0. The Balaban J connectivity index is 2.56. The van der Waals surface area contributed by atoms with Crippen molar-refractivity contribution in [3.63, 3.8) is 0 Å². The van der Waals surface area contributed by atoms with Crippen LogP contribution in [0.4, 0.5) is 26.3 Å². The van der Waals surface area contributed by atoms with Crippen LogP contribution in [-0.2, 0) is 6.18 Å². The minimum atomic E-state index is -4.92. The molecular weight excluding hydrogens is 322 g/mol. The lowest BCUT2D eigenvalue weighted by Crippen LogP contribution is -2.17. The monoisotopic (exact) mass is 332 g/mol. The van der Waals surface area contributed by atoms with E-state index >= 15 is 0 Å². The van der Waals surface area contributed by atoms with Crippen LogP contribution in [-0.4, -0.2) is 6.36 Å². The Morgan fingerprint density at radius 3 is 2.17 bits per heavy atom. The van der Waals surface area contributed by atoms with Gasteiger partial charge in [0, 0.05) is 0 Å². The molecule has 0 aliphatic rings. The van der Waals surface area contributed by atoms with Crippen molar-refractivity contribution in [3.05, 3.63) is 60.2 Å². The zero-order valence-corrected chi connectivity index (χ0v) is 11.5. The van der Waals surface area contributed by atoms with Gasteiger partial charge in [-0.25, -0.2) is 0 Å². The molecule has 0 bridgehead atoms. The molecule has 7 heteroatoms. The van der Waals surface area contributed by atoms with E-state index in [1.807, 2.05) is 0 Å². The molecule has 0 saturated carbocycles. The molecule has 0 radical (unpaired) electrons. The maximum atomic E-state index is 13.1. The van der Waals surface area contributed by atoms with Crippen LogP contribution in [0.15, 0.2) is 49.0 Å². The molecule has 1 nitrogen and oxygen atoms in total. The second kappa shape index (κ2) is 5.98. The molecule has 0 atom stereocenters. The van der Waals surface area contributed by atoms with Gasteiger partial charge in [0.1, 0.15) is 5.75 Å². The van der Waals surface area contributed by atoms with Crippen molar-refractivity contribution in [1.82, 2.24) is 0 Å². The molecule has 0 fully saturated rings. The summed E-state index contributed by atoms with van der Waals surface area (Å²) in [5, 5.41) is 0. The fourth-order valence-electron chi connectivity index (χ4n) is 2.04. The average molecular weight is 332 g/mol. The Kier molecular flexibility index (Phi) is 4.40. The fourth-order valence-corrected chi connectivity index (χ4v) is 2.04. The molecular formula is C16H10F6O. The first-order valence-corrected chi connectivity index (χ1v) is 6.30. The van der Waals surface area contributed by atoms with Gasteiger partial charge in [-0.05, 0) is 41.0 Å². The maximum absolute atomic E-state index is 13.1. The standard InChI is InChI=1S/C16H10F6O/c1-2-10-6-7-14(15(17,18)19)13(8-10)11-4-3-5-12(9-11)23-16(20,21)22/h2-9H,1H2. The summed E-state index contributed by atoms with van der Waals surface area (Å²) < 4.78 is 79.8. The molecule has 0 unspecified atom stereocenters. The lowest BCUT2D eigenvalue weighted by atomic mass is 9.96. The highest BCUT2D eigenvalue weighted by Gasteiger charge is 2.34. The van der Waals surface area contributed by atoms with E-state index in [1.165, 1.54) is 30.3 Å². The predicted octanol–water partition coefficient (Wildman–Crippen LogP) is 5.91. The van der Waals surface area contributed by atoms with Gasteiger partial charge in [-0.1, -0.05) is 30.9 Å². The summed E-state index contributed by atoms with van der Waals surface area (Å²) in [6.45, 7) is 3.47. The summed E-state index contributed by atoms with van der Waals surface area (Å²) in [6, 6.07) is 7.70. The first-order chi connectivity index (χ1) is 10.6. The molecule has 0 N–H and O–H groups in total. The lowest BCUT2D eigenvalue weighted by Gasteiger charge is -2.15. The van der Waals surface area contributed by atoms with Crippen LogP contribution in [0, 0.1) is 0 Å². The van der Waals surface area contributed by atoms with Crippen LogP contribution in [0.1, 0.15) is 11.1 Å². The molecule has 2 rings (SSSR count). The number of alkyl halides is 6. The highest BCUT2D eigenvalue weighted by molar-refractivity contribution is 5.72. The number of rotatable bonds is 3. The van der Waals surface area contributed by atoms with E-state index in [0.29, 0.717) is 5.56 Å². The van der Waals surface area contributed by atoms with Crippen LogP contribution in [0.25, 0.3) is 17.2 Å². The first-order valence-electron chi connectivity index (χ1n) is 6.30. The molecule has 0 aliphatic carbocycles. The third kappa shape index (κ3) is 4.28. The fraction of sp³-hybridized carbons (Fsp3) is 0.125. The maximum Gasteiger partial charge on any atom is 0.573 e. The van der Waals surface area contributed by atoms with Gasteiger partial charge in [0.2, 0.25) is 0 Å². The van der Waals surface area contributed by atoms with Crippen LogP contribution >= 0.6 is 0 Å². The number of hydrogen-bond donors (Lipinski definition) is 0. The molecule has 2 aromatic carbocycles. The summed E-state index contributed by atoms with van der Waals surface area (Å²) in [5.41, 5.74) is -0.826. The van der Waals surface area contributed by atoms with Gasteiger partial charge in [0.25, 0.3) is 0 Å². The van der Waals surface area contributed by atoms with E-state index in [4.69, 9.17) is 0 Å². The van der Waals surface area contributed by atoms with Gasteiger partial charge in [-0.3, -0.25) is 0 Å². The third-order valence-corrected chi connectivity index (χ3v) is 2.96. The minimum absolute atomic E-state index is 0.0391. The number of halogens is 6. The molecule has 122 valence electrons. The zero-order valence-electron chi connectivity index (χ0n) is 11.5. The summed E-state index contributed by atoms with van der Waals surface area (Å²) in [7, 11) is 0. The molecule has 0 aromatic heterocycles. The molecule has 0 heterocycles. The van der Waals surface area contributed by atoms with Gasteiger partial charge >= 0.3 is 12.5 Å². The molecule has 0 amide bonds. The Hall–Kier alpha value is -2.44. The highest BCUT2D eigenvalue weighted by Crippen LogP contribution is 2.39. The van der Waals surface area contributed by atoms with E-state index in [0.717, 1.165) is 18.2 Å². The topological polar surface area (TPSA) is 9.23 Å². The van der Waals surface area contributed by atoms with Gasteiger partial charge in [0.15, 0.2) is 0 Å². The van der Waals surface area contributed by atoms with E-state index in [-0.39, 0.29) is 11.1 Å². The van der Waals surface area contributed by atoms with Gasteiger partial charge < -0.3 is 4.74 Å². The normalized spacial score (nSPS) is 12.1. The van der Waals surface area contributed by atoms with E-state index in [2.05, 4.69) is 11.3 Å². The van der Waals surface area contributed by atoms with Crippen LogP contribution in [0.3, 0.4) is 0 Å². The summed E-state index contributed by atoms with van der Waals surface area (Å²) in [5.74, 6) is -0.591. The van der Waals surface area contributed by atoms with Crippen molar-refractivity contribution in [2.24, 2.45) is 0 Å². The molecule has 2 aromatic rings. The van der Waals surface area contributed by atoms with E-state index in [9.17, 15) is 26.3 Å². The van der Waals surface area contributed by atoms with Crippen molar-refractivity contribution in [3.8, 4) is 16.9 Å². The molecule has 0 saturated heterocycles. The van der Waals surface area contributed by atoms with Crippen molar-refractivity contribution >= 4 is 6.08 Å². The SMILES string of the molecule is C=Cc1ccc(C(F)(F)F)c(-c2cccc(OC(F)(F)F)c2)c1. The Morgan fingerprint density at radius 2 is 1.61 bits per heavy atom. The quantitative estimate of drug-likeness (QED) is 0.635. The number of ether oxygens (including phenoxy) is 1. The Morgan fingerprint density at radius 1 is 0.913 bits per heavy atom. The average Bonchev–Trinajstić information content (AvgIpc) is 2.44. The summed E-state index contributed by atoms with van der Waals surface area (Å²) in [6.07, 6.45) is -8.22. The molecule has 0 aliphatic heterocycles. The van der Waals surface area contributed by atoms with Gasteiger partial charge in [-0.15, -0.1) is 13.2 Å². The lowest BCUT2D eigenvalue weighted by molar-refractivity contribution is -0.274. The van der Waals surface area contributed by atoms with Crippen molar-refractivity contribution in [1.29, 1.82) is 0 Å². The zero-order chi connectivity index (χ0) is 17.3. The number of benzene rings is 2. The molecule has 23 heavy (non-hydrogen) atoms. The van der Waals surface area contributed by atoms with Crippen LogP contribution in [0.5, 0.6) is 5.75 Å². The van der Waals surface area contributed by atoms with Crippen molar-refractivity contribution < 1.29 is 31.1 Å². The number of hydrogen-bond acceptors (Lipinski definition) is 1. The second-order valence-electron chi connectivity index (χ2n) is 4.58. The first kappa shape index (κ1) is 16.9. The van der Waals surface area contributed by atoms with Gasteiger partial charge in [-0.2, -0.15) is 13.2 Å². The van der Waals surface area contributed by atoms with Crippen molar-refractivity contribution in [2.45, 2.75) is 12.5 Å². The van der Waals surface area contributed by atoms with Crippen molar-refractivity contribution in [2.75, 3.05) is 0 Å². The Labute approximate surface area is 127 Å². The molecule has 0 spiro atoms. The highest BCUT2D eigenvalue weighted by atomic mass is 19.4. The largest absolute Gasteiger partial charge is 0.573 e. The van der Waals surface area contributed by atoms with E-state index in [1.54, 1.807) is 0 Å². The van der Waals surface area contributed by atoms with Gasteiger partial charge in [0.05, 0.1) is 5.56 Å². The predicted molar refractivity (Wildman–Crippen MR) is 73.7 cm³/mol. The minimum Gasteiger partial charge on any atom is -0.406 e. The summed E-state index contributed by atoms with van der Waals surface area (Å²) >= 11 is 0. The Bertz CT molecular complexity index is 715.